The van der Waals surface area contributed by atoms with Crippen molar-refractivity contribution >= 4 is 11.9 Å². The number of allylic oxidation sites excluding steroid dienone is 8. The van der Waals surface area contributed by atoms with Gasteiger partial charge in [-0.25, -0.2) is 0 Å². The number of rotatable bonds is 51. The Kier molecular flexibility index (Phi) is 45.9. The van der Waals surface area contributed by atoms with E-state index in [4.69, 9.17) is 28.4 Å². The Balaban J connectivity index is 1.71. The normalized spacial score (nSPS) is 24.2. The van der Waals surface area contributed by atoms with Crippen molar-refractivity contribution in [2.75, 3.05) is 26.4 Å². The molecule has 79 heavy (non-hydrogen) atoms. The molecule has 2 aliphatic heterocycles. The number of carbonyl (C=O) groups is 2. The van der Waals surface area contributed by atoms with Gasteiger partial charge < -0.3 is 64.2 Å². The van der Waals surface area contributed by atoms with Crippen LogP contribution in [0.5, 0.6) is 0 Å². The van der Waals surface area contributed by atoms with Crippen molar-refractivity contribution in [1.82, 2.24) is 0 Å². The molecule has 0 aromatic rings. The van der Waals surface area contributed by atoms with E-state index >= 15 is 0 Å². The Bertz CT molecular complexity index is 1550. The van der Waals surface area contributed by atoms with Crippen LogP contribution in [0.2, 0.25) is 0 Å². The molecule has 11 unspecified atom stereocenters. The molecule has 0 radical (unpaired) electrons. The summed E-state index contributed by atoms with van der Waals surface area (Å²) in [6.45, 7) is 2.53. The van der Waals surface area contributed by atoms with Gasteiger partial charge in [-0.15, -0.1) is 0 Å². The lowest BCUT2D eigenvalue weighted by atomic mass is 9.98. The number of hydrogen-bond donors (Lipinski definition) is 7. The van der Waals surface area contributed by atoms with Crippen LogP contribution in [0, 0.1) is 0 Å². The quantitative estimate of drug-likeness (QED) is 0.0171. The first kappa shape index (κ1) is 72.6. The van der Waals surface area contributed by atoms with Crippen LogP contribution in [0.25, 0.3) is 0 Å². The standard InChI is InChI=1S/C64H114O15/c1-3-5-7-9-11-13-15-17-19-21-23-25-26-27-29-31-33-35-37-39-41-43-45-47-56(67)77-52(49-74-55(66)46-44-42-40-38-36-34-32-30-28-24-22-20-18-16-14-12-10-8-6-4-2)50-75-63-62(73)60(71)58(69)54(79-63)51-76-64-61(72)59(70)57(68)53(48-65)78-64/h5,7,11,13,17,19,23,25,52-54,57-65,68-73H,3-4,6,8-10,12,14-16,18,20-22,24,26-51H2,1-2H3/b7-5-,13-11-,19-17-,25-23-. The minimum Gasteiger partial charge on any atom is -0.462 e. The monoisotopic (exact) mass is 1120 g/mol. The molecule has 0 aromatic heterocycles. The Morgan fingerprint density at radius 2 is 0.797 bits per heavy atom. The van der Waals surface area contributed by atoms with Gasteiger partial charge in [-0.3, -0.25) is 9.59 Å². The number of ether oxygens (including phenoxy) is 6. The predicted molar refractivity (Wildman–Crippen MR) is 312 cm³/mol. The highest BCUT2D eigenvalue weighted by atomic mass is 16.7. The third-order valence-corrected chi connectivity index (χ3v) is 15.1. The number of aliphatic hydroxyl groups is 7. The van der Waals surface area contributed by atoms with E-state index in [9.17, 15) is 45.3 Å². The number of hydrogen-bond acceptors (Lipinski definition) is 15. The molecule has 15 nitrogen and oxygen atoms in total. The van der Waals surface area contributed by atoms with Crippen LogP contribution in [0.1, 0.15) is 251 Å². The van der Waals surface area contributed by atoms with Crippen molar-refractivity contribution in [2.45, 2.75) is 319 Å². The summed E-state index contributed by atoms with van der Waals surface area (Å²) in [5, 5.41) is 72.4. The number of carbonyl (C=O) groups excluding carboxylic acids is 2. The highest BCUT2D eigenvalue weighted by Gasteiger charge is 2.47. The van der Waals surface area contributed by atoms with Crippen LogP contribution in [-0.2, 0) is 38.0 Å². The first-order chi connectivity index (χ1) is 38.5. The van der Waals surface area contributed by atoms with E-state index in [-0.39, 0.29) is 26.1 Å². The molecule has 0 amide bonds. The number of aliphatic hydroxyl groups excluding tert-OH is 7. The van der Waals surface area contributed by atoms with E-state index in [2.05, 4.69) is 62.5 Å². The van der Waals surface area contributed by atoms with E-state index in [1.807, 2.05) is 0 Å². The number of unbranched alkanes of at least 4 members (excludes halogenated alkanes) is 29. The molecule has 460 valence electrons. The van der Waals surface area contributed by atoms with Crippen LogP contribution in [0.15, 0.2) is 48.6 Å². The minimum absolute atomic E-state index is 0.161. The smallest absolute Gasteiger partial charge is 0.306 e. The van der Waals surface area contributed by atoms with Crippen molar-refractivity contribution in [3.63, 3.8) is 0 Å². The van der Waals surface area contributed by atoms with Crippen LogP contribution in [-0.4, -0.2) is 142 Å². The molecule has 11 atom stereocenters. The fraction of sp³-hybridized carbons (Fsp3) is 0.844. The Morgan fingerprint density at radius 1 is 0.418 bits per heavy atom. The van der Waals surface area contributed by atoms with E-state index in [1.165, 1.54) is 135 Å². The average molecular weight is 1120 g/mol. The lowest BCUT2D eigenvalue weighted by molar-refractivity contribution is -0.332. The molecule has 2 heterocycles. The molecule has 15 heteroatoms. The minimum atomic E-state index is -1.77. The molecule has 0 spiro atoms. The van der Waals surface area contributed by atoms with Gasteiger partial charge in [0.2, 0.25) is 0 Å². The SMILES string of the molecule is CC/C=C\C/C=C\C/C=C\C/C=C\CCCCCCCCCCCCC(=O)OC(COC(=O)CCCCCCCCCCCCCCCCCCCCCC)COC1OC(COC2OC(CO)C(O)C(O)C2O)C(O)C(O)C1O. The second-order valence-corrected chi connectivity index (χ2v) is 22.2. The molecule has 2 saturated heterocycles. The number of esters is 2. The molecule has 2 rings (SSSR count). The maximum absolute atomic E-state index is 13.1. The maximum atomic E-state index is 13.1. The first-order valence-corrected chi connectivity index (χ1v) is 31.7. The highest BCUT2D eigenvalue weighted by Crippen LogP contribution is 2.27. The van der Waals surface area contributed by atoms with E-state index in [0.29, 0.717) is 12.8 Å². The largest absolute Gasteiger partial charge is 0.462 e. The Labute approximate surface area is 478 Å². The highest BCUT2D eigenvalue weighted by molar-refractivity contribution is 5.70. The van der Waals surface area contributed by atoms with E-state index in [1.54, 1.807) is 0 Å². The molecule has 0 bridgehead atoms. The van der Waals surface area contributed by atoms with Gasteiger partial charge in [0.15, 0.2) is 18.7 Å². The molecule has 0 saturated carbocycles. The van der Waals surface area contributed by atoms with Gasteiger partial charge in [0.05, 0.1) is 19.8 Å². The van der Waals surface area contributed by atoms with Crippen molar-refractivity contribution in [3.05, 3.63) is 48.6 Å². The molecule has 2 aliphatic rings. The topological polar surface area (TPSA) is 231 Å². The molecule has 7 N–H and O–H groups in total. The molecular weight excluding hydrogens is 1010 g/mol. The van der Waals surface area contributed by atoms with Gasteiger partial charge in [0.1, 0.15) is 55.4 Å². The van der Waals surface area contributed by atoms with Crippen LogP contribution in [0.4, 0.5) is 0 Å². The fourth-order valence-corrected chi connectivity index (χ4v) is 9.98. The molecular formula is C64H114O15. The lowest BCUT2D eigenvalue weighted by Gasteiger charge is -2.42. The summed E-state index contributed by atoms with van der Waals surface area (Å²) in [6.07, 6.45) is 42.7. The summed E-state index contributed by atoms with van der Waals surface area (Å²) in [4.78, 5) is 26.0. The van der Waals surface area contributed by atoms with Gasteiger partial charge in [-0.1, -0.05) is 236 Å². The summed E-state index contributed by atoms with van der Waals surface area (Å²) in [5.74, 6) is -0.918. The summed E-state index contributed by atoms with van der Waals surface area (Å²) in [7, 11) is 0. The van der Waals surface area contributed by atoms with Crippen LogP contribution < -0.4 is 0 Å². The van der Waals surface area contributed by atoms with Gasteiger partial charge in [0.25, 0.3) is 0 Å². The zero-order chi connectivity index (χ0) is 57.4. The molecule has 0 aromatic carbocycles. The third-order valence-electron chi connectivity index (χ3n) is 15.1. The fourth-order valence-electron chi connectivity index (χ4n) is 9.98. The summed E-state index contributed by atoms with van der Waals surface area (Å²) in [6, 6.07) is 0. The van der Waals surface area contributed by atoms with Crippen LogP contribution >= 0.6 is 0 Å². The Morgan fingerprint density at radius 3 is 1.25 bits per heavy atom. The van der Waals surface area contributed by atoms with Crippen molar-refractivity contribution in [1.29, 1.82) is 0 Å². The molecule has 0 aliphatic carbocycles. The van der Waals surface area contributed by atoms with Gasteiger partial charge in [0, 0.05) is 12.8 Å². The average Bonchev–Trinajstić information content (AvgIpc) is 3.53. The van der Waals surface area contributed by atoms with Crippen molar-refractivity contribution < 1.29 is 73.8 Å². The van der Waals surface area contributed by atoms with Crippen molar-refractivity contribution in [2.24, 2.45) is 0 Å². The van der Waals surface area contributed by atoms with E-state index in [0.717, 1.165) is 77.0 Å². The summed E-state index contributed by atoms with van der Waals surface area (Å²) in [5.41, 5.74) is 0. The zero-order valence-electron chi connectivity index (χ0n) is 49.4. The predicted octanol–water partition coefficient (Wildman–Crippen LogP) is 11.8. The molecule has 2 fully saturated rings. The maximum Gasteiger partial charge on any atom is 0.306 e. The summed E-state index contributed by atoms with van der Waals surface area (Å²) < 4.78 is 33.8. The zero-order valence-corrected chi connectivity index (χ0v) is 49.4. The first-order valence-electron chi connectivity index (χ1n) is 31.7. The second-order valence-electron chi connectivity index (χ2n) is 22.2. The van der Waals surface area contributed by atoms with Crippen molar-refractivity contribution in [3.8, 4) is 0 Å². The summed E-state index contributed by atoms with van der Waals surface area (Å²) >= 11 is 0. The Hall–Kier alpha value is -2.54. The lowest BCUT2D eigenvalue weighted by Crippen LogP contribution is -2.61. The van der Waals surface area contributed by atoms with Gasteiger partial charge in [-0.05, 0) is 51.4 Å². The van der Waals surface area contributed by atoms with Gasteiger partial charge >= 0.3 is 11.9 Å². The van der Waals surface area contributed by atoms with Gasteiger partial charge in [-0.2, -0.15) is 0 Å². The van der Waals surface area contributed by atoms with E-state index < -0.39 is 92.7 Å². The third kappa shape index (κ3) is 36.6. The van der Waals surface area contributed by atoms with Crippen LogP contribution in [0.3, 0.4) is 0 Å². The second kappa shape index (κ2) is 50.0.